The molecular formula is C24H21Cl2N3O4S. The first-order valence-corrected chi connectivity index (χ1v) is 11.9. The van der Waals surface area contributed by atoms with Gasteiger partial charge in [0, 0.05) is 27.7 Å². The fourth-order valence-corrected chi connectivity index (χ4v) is 4.58. The summed E-state index contributed by atoms with van der Waals surface area (Å²) in [5.74, 6) is -0.645. The summed E-state index contributed by atoms with van der Waals surface area (Å²) in [5, 5.41) is 16.9. The van der Waals surface area contributed by atoms with E-state index in [1.54, 1.807) is 43.3 Å². The largest absolute Gasteiger partial charge is 0.325 e. The molecule has 2 amide bonds. The number of rotatable bonds is 8. The van der Waals surface area contributed by atoms with Crippen molar-refractivity contribution in [2.24, 2.45) is 0 Å². The average molecular weight is 518 g/mol. The number of aryl methyl sites for hydroxylation is 1. The Kier molecular flexibility index (Phi) is 8.55. The number of non-ortho nitro benzene ring substituents is 1. The number of nitrogens with zero attached hydrogens (tertiary/aromatic N) is 1. The smallest absolute Gasteiger partial charge is 0.271 e. The maximum atomic E-state index is 12.9. The van der Waals surface area contributed by atoms with Crippen molar-refractivity contribution >= 4 is 63.8 Å². The molecule has 0 spiro atoms. The molecule has 0 saturated carbocycles. The van der Waals surface area contributed by atoms with Gasteiger partial charge in [0.25, 0.3) is 11.6 Å². The topological polar surface area (TPSA) is 101 Å². The highest BCUT2D eigenvalue weighted by Crippen LogP contribution is 2.30. The molecule has 0 aliphatic rings. The molecule has 3 aromatic carbocycles. The first-order chi connectivity index (χ1) is 16.2. The van der Waals surface area contributed by atoms with E-state index in [0.29, 0.717) is 28.4 Å². The van der Waals surface area contributed by atoms with Crippen LogP contribution in [0.25, 0.3) is 0 Å². The van der Waals surface area contributed by atoms with Crippen molar-refractivity contribution in [3.8, 4) is 0 Å². The second-order valence-corrected chi connectivity index (χ2v) is 9.49. The lowest BCUT2D eigenvalue weighted by Gasteiger charge is -2.16. The number of halogens is 2. The van der Waals surface area contributed by atoms with Crippen LogP contribution in [0.3, 0.4) is 0 Å². The van der Waals surface area contributed by atoms with Gasteiger partial charge in [0.15, 0.2) is 0 Å². The van der Waals surface area contributed by atoms with Gasteiger partial charge in [0.2, 0.25) is 5.91 Å². The van der Waals surface area contributed by atoms with Crippen molar-refractivity contribution in [3.63, 3.8) is 0 Å². The van der Waals surface area contributed by atoms with Crippen LogP contribution in [0, 0.1) is 17.0 Å². The van der Waals surface area contributed by atoms with E-state index in [-0.39, 0.29) is 22.5 Å². The molecule has 2 N–H and O–H groups in total. The number of hydrogen-bond acceptors (Lipinski definition) is 5. The number of amides is 2. The van der Waals surface area contributed by atoms with Crippen molar-refractivity contribution in [1.29, 1.82) is 0 Å². The highest BCUT2D eigenvalue weighted by molar-refractivity contribution is 8.00. The average Bonchev–Trinajstić information content (AvgIpc) is 2.78. The van der Waals surface area contributed by atoms with Gasteiger partial charge in [-0.15, -0.1) is 11.8 Å². The van der Waals surface area contributed by atoms with Gasteiger partial charge >= 0.3 is 0 Å². The molecule has 1 unspecified atom stereocenters. The molecule has 3 aromatic rings. The lowest BCUT2D eigenvalue weighted by Crippen LogP contribution is -2.25. The van der Waals surface area contributed by atoms with Crippen LogP contribution in [0.15, 0.2) is 65.6 Å². The summed E-state index contributed by atoms with van der Waals surface area (Å²) in [7, 11) is 0. The summed E-state index contributed by atoms with van der Waals surface area (Å²) in [5.41, 5.74) is 1.88. The summed E-state index contributed by atoms with van der Waals surface area (Å²) in [6, 6.07) is 16.1. The molecule has 3 rings (SSSR count). The van der Waals surface area contributed by atoms with Crippen molar-refractivity contribution in [3.05, 3.63) is 92.0 Å². The van der Waals surface area contributed by atoms with E-state index in [2.05, 4.69) is 10.6 Å². The molecule has 0 heterocycles. The SMILES string of the molecule is CCC(Sc1cccc(NC(=O)c2ccc(Cl)cc2Cl)c1)C(=O)Nc1cc([N+](=O)[O-])ccc1C. The molecule has 0 aromatic heterocycles. The summed E-state index contributed by atoms with van der Waals surface area (Å²) in [4.78, 5) is 36.8. The van der Waals surface area contributed by atoms with Crippen LogP contribution in [0.5, 0.6) is 0 Å². The third-order valence-corrected chi connectivity index (χ3v) is 6.80. The minimum absolute atomic E-state index is 0.0918. The standard InChI is InChI=1S/C24H21Cl2N3O4S/c1-3-22(24(31)28-21-13-17(29(32)33)9-7-14(21)2)34-18-6-4-5-16(12-18)27-23(30)19-10-8-15(25)11-20(19)26/h4-13,22H,3H2,1-2H3,(H,27,30)(H,28,31). The first kappa shape index (κ1) is 25.6. The second kappa shape index (κ2) is 11.4. The van der Waals surface area contributed by atoms with Crippen LogP contribution in [0.1, 0.15) is 29.3 Å². The number of benzene rings is 3. The van der Waals surface area contributed by atoms with Crippen LogP contribution in [-0.2, 0) is 4.79 Å². The van der Waals surface area contributed by atoms with Crippen LogP contribution in [0.2, 0.25) is 10.0 Å². The summed E-state index contributed by atoms with van der Waals surface area (Å²) in [6.07, 6.45) is 0.529. The molecule has 0 aliphatic heterocycles. The Bertz CT molecular complexity index is 1250. The van der Waals surface area contributed by atoms with Crippen LogP contribution >= 0.6 is 35.0 Å². The molecule has 1 atom stereocenters. The zero-order chi connectivity index (χ0) is 24.8. The number of hydrogen-bond donors (Lipinski definition) is 2. The molecule has 0 bridgehead atoms. The van der Waals surface area contributed by atoms with Gasteiger partial charge in [-0.25, -0.2) is 0 Å². The van der Waals surface area contributed by atoms with Gasteiger partial charge in [-0.3, -0.25) is 19.7 Å². The van der Waals surface area contributed by atoms with Gasteiger partial charge in [-0.2, -0.15) is 0 Å². The lowest BCUT2D eigenvalue weighted by atomic mass is 10.1. The maximum Gasteiger partial charge on any atom is 0.271 e. The number of nitro groups is 1. The molecule has 0 saturated heterocycles. The Balaban J connectivity index is 1.71. The Hall–Kier alpha value is -3.07. The molecule has 34 heavy (non-hydrogen) atoms. The molecule has 10 heteroatoms. The third-order valence-electron chi connectivity index (χ3n) is 4.90. The number of carbonyl (C=O) groups excluding carboxylic acids is 2. The van der Waals surface area contributed by atoms with Crippen LogP contribution in [0.4, 0.5) is 17.1 Å². The van der Waals surface area contributed by atoms with Gasteiger partial charge in [-0.1, -0.05) is 42.3 Å². The highest BCUT2D eigenvalue weighted by atomic mass is 35.5. The monoisotopic (exact) mass is 517 g/mol. The fourth-order valence-electron chi connectivity index (χ4n) is 3.08. The van der Waals surface area contributed by atoms with Gasteiger partial charge in [0.05, 0.1) is 26.4 Å². The third kappa shape index (κ3) is 6.50. The highest BCUT2D eigenvalue weighted by Gasteiger charge is 2.20. The normalized spacial score (nSPS) is 11.5. The van der Waals surface area contributed by atoms with E-state index in [1.807, 2.05) is 13.0 Å². The number of thioether (sulfide) groups is 1. The Labute approximate surface area is 211 Å². The Morgan fingerprint density at radius 1 is 1.06 bits per heavy atom. The van der Waals surface area contributed by atoms with E-state index in [4.69, 9.17) is 23.2 Å². The number of anilines is 2. The van der Waals surface area contributed by atoms with E-state index < -0.39 is 10.2 Å². The quantitative estimate of drug-likeness (QED) is 0.191. The van der Waals surface area contributed by atoms with Gasteiger partial charge < -0.3 is 10.6 Å². The zero-order valence-corrected chi connectivity index (χ0v) is 20.6. The van der Waals surface area contributed by atoms with Crippen LogP contribution < -0.4 is 10.6 Å². The minimum Gasteiger partial charge on any atom is -0.325 e. The molecule has 0 aliphatic carbocycles. The molecular weight excluding hydrogens is 497 g/mol. The molecule has 176 valence electrons. The fraction of sp³-hybridized carbons (Fsp3) is 0.167. The van der Waals surface area contributed by atoms with Crippen molar-refractivity contribution in [2.45, 2.75) is 30.4 Å². The van der Waals surface area contributed by atoms with E-state index in [0.717, 1.165) is 10.5 Å². The maximum absolute atomic E-state index is 12.9. The van der Waals surface area contributed by atoms with Crippen molar-refractivity contribution in [1.82, 2.24) is 0 Å². The molecule has 0 radical (unpaired) electrons. The van der Waals surface area contributed by atoms with Gasteiger partial charge in [-0.05, 0) is 55.3 Å². The van der Waals surface area contributed by atoms with Crippen molar-refractivity contribution in [2.75, 3.05) is 10.6 Å². The number of nitrogens with one attached hydrogen (secondary N) is 2. The summed E-state index contributed by atoms with van der Waals surface area (Å²) >= 11 is 13.3. The predicted molar refractivity (Wildman–Crippen MR) is 137 cm³/mol. The van der Waals surface area contributed by atoms with E-state index in [9.17, 15) is 19.7 Å². The van der Waals surface area contributed by atoms with Gasteiger partial charge in [0.1, 0.15) is 0 Å². The lowest BCUT2D eigenvalue weighted by molar-refractivity contribution is -0.384. The zero-order valence-electron chi connectivity index (χ0n) is 18.3. The number of nitro benzene ring substituents is 1. The van der Waals surface area contributed by atoms with Crippen molar-refractivity contribution < 1.29 is 14.5 Å². The first-order valence-electron chi connectivity index (χ1n) is 10.3. The van der Waals surface area contributed by atoms with E-state index in [1.165, 1.54) is 30.0 Å². The minimum atomic E-state index is -0.502. The molecule has 0 fully saturated rings. The summed E-state index contributed by atoms with van der Waals surface area (Å²) < 4.78 is 0. The second-order valence-electron chi connectivity index (χ2n) is 7.37. The molecule has 7 nitrogen and oxygen atoms in total. The number of carbonyl (C=O) groups is 2. The van der Waals surface area contributed by atoms with E-state index >= 15 is 0 Å². The van der Waals surface area contributed by atoms with Crippen LogP contribution in [-0.4, -0.2) is 22.0 Å². The Morgan fingerprint density at radius 3 is 2.50 bits per heavy atom. The summed E-state index contributed by atoms with van der Waals surface area (Å²) in [6.45, 7) is 3.65. The predicted octanol–water partition coefficient (Wildman–Crippen LogP) is 6.97. The Morgan fingerprint density at radius 2 is 1.82 bits per heavy atom.